The third-order valence-electron chi connectivity index (χ3n) is 7.61. The van der Waals surface area contributed by atoms with E-state index in [1.165, 1.54) is 49.7 Å². The van der Waals surface area contributed by atoms with E-state index in [1.54, 1.807) is 6.33 Å². The van der Waals surface area contributed by atoms with Crippen LogP contribution >= 0.6 is 0 Å². The molecule has 29 heavy (non-hydrogen) atoms. The van der Waals surface area contributed by atoms with Gasteiger partial charge in [-0.25, -0.2) is 9.97 Å². The number of aromatic nitrogens is 3. The summed E-state index contributed by atoms with van der Waals surface area (Å²) in [6.45, 7) is 6.16. The summed E-state index contributed by atoms with van der Waals surface area (Å²) in [5.41, 5.74) is 2.83. The van der Waals surface area contributed by atoms with E-state index in [0.717, 1.165) is 56.8 Å². The first-order valence-electron chi connectivity index (χ1n) is 11.3. The lowest BCUT2D eigenvalue weighted by molar-refractivity contribution is -0.200. The molecule has 0 atom stereocenters. The van der Waals surface area contributed by atoms with Crippen molar-refractivity contribution < 1.29 is 9.47 Å². The van der Waals surface area contributed by atoms with Crippen molar-refractivity contribution in [3.63, 3.8) is 0 Å². The van der Waals surface area contributed by atoms with Gasteiger partial charge in [0.15, 0.2) is 0 Å². The SMILES string of the molecule is c1nc(NC2CCC(N3CC4(COC4)C3)CC2)c2c(C3CCOCC3)c[nH]c2n1. The monoisotopic (exact) mass is 397 g/mol. The Morgan fingerprint density at radius 2 is 1.79 bits per heavy atom. The quantitative estimate of drug-likeness (QED) is 0.826. The molecule has 2 aromatic heterocycles. The minimum Gasteiger partial charge on any atom is -0.381 e. The number of nitrogens with one attached hydrogen (secondary N) is 2. The van der Waals surface area contributed by atoms with Gasteiger partial charge in [-0.15, -0.1) is 0 Å². The number of nitrogens with zero attached hydrogens (tertiary/aromatic N) is 3. The maximum absolute atomic E-state index is 5.56. The molecule has 1 spiro atoms. The van der Waals surface area contributed by atoms with E-state index in [1.807, 2.05) is 0 Å². The van der Waals surface area contributed by atoms with E-state index in [-0.39, 0.29) is 0 Å². The van der Waals surface area contributed by atoms with Gasteiger partial charge in [0.1, 0.15) is 17.8 Å². The minimum atomic E-state index is 0.504. The second-order valence-electron chi connectivity index (χ2n) is 9.62. The van der Waals surface area contributed by atoms with Crippen molar-refractivity contribution in [1.82, 2.24) is 19.9 Å². The van der Waals surface area contributed by atoms with Crippen LogP contribution < -0.4 is 5.32 Å². The molecule has 2 aromatic rings. The van der Waals surface area contributed by atoms with Crippen LogP contribution in [-0.2, 0) is 9.47 Å². The van der Waals surface area contributed by atoms with Crippen molar-refractivity contribution >= 4 is 16.9 Å². The third-order valence-corrected chi connectivity index (χ3v) is 7.61. The molecule has 7 heteroatoms. The van der Waals surface area contributed by atoms with Crippen molar-refractivity contribution in [1.29, 1.82) is 0 Å². The normalized spacial score (nSPS) is 30.2. The van der Waals surface area contributed by atoms with Gasteiger partial charge in [0, 0.05) is 50.0 Å². The second-order valence-corrected chi connectivity index (χ2v) is 9.62. The zero-order chi connectivity index (χ0) is 19.3. The number of likely N-dealkylation sites (tertiary alicyclic amines) is 1. The van der Waals surface area contributed by atoms with Gasteiger partial charge in [-0.05, 0) is 50.0 Å². The minimum absolute atomic E-state index is 0.504. The van der Waals surface area contributed by atoms with Crippen LogP contribution in [0.4, 0.5) is 5.82 Å². The Labute approximate surface area is 171 Å². The maximum Gasteiger partial charge on any atom is 0.143 e. The average Bonchev–Trinajstić information content (AvgIpc) is 3.13. The second kappa shape index (κ2) is 7.22. The van der Waals surface area contributed by atoms with Crippen molar-refractivity contribution in [2.75, 3.05) is 44.8 Å². The third kappa shape index (κ3) is 3.23. The Morgan fingerprint density at radius 3 is 2.52 bits per heavy atom. The van der Waals surface area contributed by atoms with Crippen LogP contribution in [0.15, 0.2) is 12.5 Å². The fraction of sp³-hybridized carbons (Fsp3) is 0.727. The lowest BCUT2D eigenvalue weighted by Crippen LogP contribution is -2.68. The lowest BCUT2D eigenvalue weighted by Gasteiger charge is -2.58. The molecule has 1 aliphatic carbocycles. The van der Waals surface area contributed by atoms with Crippen molar-refractivity contribution in [3.8, 4) is 0 Å². The topological polar surface area (TPSA) is 75.3 Å². The van der Waals surface area contributed by atoms with E-state index in [9.17, 15) is 0 Å². The zero-order valence-electron chi connectivity index (χ0n) is 17.0. The van der Waals surface area contributed by atoms with Crippen LogP contribution in [-0.4, -0.2) is 71.5 Å². The number of fused-ring (bicyclic) bond motifs is 1. The summed E-state index contributed by atoms with van der Waals surface area (Å²) >= 11 is 0. The summed E-state index contributed by atoms with van der Waals surface area (Å²) in [4.78, 5) is 15.2. The summed E-state index contributed by atoms with van der Waals surface area (Å²) in [6, 6.07) is 1.26. The molecule has 7 nitrogen and oxygen atoms in total. The van der Waals surface area contributed by atoms with Gasteiger partial charge in [-0.1, -0.05) is 0 Å². The highest BCUT2D eigenvalue weighted by Crippen LogP contribution is 2.41. The molecule has 1 saturated carbocycles. The van der Waals surface area contributed by atoms with Crippen LogP contribution in [0.3, 0.4) is 0 Å². The molecule has 4 fully saturated rings. The number of ether oxygens (including phenoxy) is 2. The molecule has 6 rings (SSSR count). The van der Waals surface area contributed by atoms with Crippen LogP contribution in [0.1, 0.15) is 50.0 Å². The Morgan fingerprint density at radius 1 is 1.00 bits per heavy atom. The van der Waals surface area contributed by atoms with Gasteiger partial charge in [0.25, 0.3) is 0 Å². The molecule has 0 radical (unpaired) electrons. The van der Waals surface area contributed by atoms with Crippen LogP contribution in [0, 0.1) is 5.41 Å². The van der Waals surface area contributed by atoms with E-state index < -0.39 is 0 Å². The Hall–Kier alpha value is -1.70. The largest absolute Gasteiger partial charge is 0.381 e. The van der Waals surface area contributed by atoms with Crippen LogP contribution in [0.2, 0.25) is 0 Å². The molecule has 0 amide bonds. The smallest absolute Gasteiger partial charge is 0.143 e. The zero-order valence-corrected chi connectivity index (χ0v) is 17.0. The standard InChI is InChI=1S/C22H31N5O2/c1-3-17(27-10-22(11-27)12-29-13-22)4-2-16(1)26-21-19-18(15-5-7-28-8-6-15)9-23-20(19)24-14-25-21/h9,14-17H,1-8,10-13H2,(H2,23,24,25,26). The molecule has 5 heterocycles. The highest BCUT2D eigenvalue weighted by Gasteiger charge is 2.50. The molecule has 0 unspecified atom stereocenters. The molecule has 2 N–H and O–H groups in total. The van der Waals surface area contributed by atoms with Gasteiger partial charge in [-0.3, -0.25) is 4.90 Å². The molecule has 156 valence electrons. The summed E-state index contributed by atoms with van der Waals surface area (Å²) in [7, 11) is 0. The Bertz CT molecular complexity index is 857. The van der Waals surface area contributed by atoms with Gasteiger partial charge in [0.2, 0.25) is 0 Å². The number of hydrogen-bond acceptors (Lipinski definition) is 6. The molecule has 3 saturated heterocycles. The predicted octanol–water partition coefficient (Wildman–Crippen LogP) is 2.91. The summed E-state index contributed by atoms with van der Waals surface area (Å²) in [5.74, 6) is 1.55. The van der Waals surface area contributed by atoms with Crippen molar-refractivity contribution in [2.45, 2.75) is 56.5 Å². The molecule has 3 aliphatic heterocycles. The Kier molecular flexibility index (Phi) is 4.50. The van der Waals surface area contributed by atoms with E-state index in [2.05, 4.69) is 31.4 Å². The van der Waals surface area contributed by atoms with Crippen LogP contribution in [0.25, 0.3) is 11.0 Å². The van der Waals surface area contributed by atoms with Gasteiger partial charge in [0.05, 0.1) is 18.6 Å². The molecule has 0 bridgehead atoms. The fourth-order valence-electron chi connectivity index (χ4n) is 5.85. The first kappa shape index (κ1) is 18.1. The highest BCUT2D eigenvalue weighted by atomic mass is 16.5. The molecular weight excluding hydrogens is 366 g/mol. The summed E-state index contributed by atoms with van der Waals surface area (Å²) < 4.78 is 11.0. The first-order chi connectivity index (χ1) is 14.3. The average molecular weight is 398 g/mol. The number of hydrogen-bond donors (Lipinski definition) is 2. The van der Waals surface area contributed by atoms with Crippen molar-refractivity contribution in [2.24, 2.45) is 5.41 Å². The number of H-pyrrole nitrogens is 1. The van der Waals surface area contributed by atoms with Gasteiger partial charge in [-0.2, -0.15) is 0 Å². The number of aromatic amines is 1. The van der Waals surface area contributed by atoms with E-state index >= 15 is 0 Å². The predicted molar refractivity (Wildman–Crippen MR) is 111 cm³/mol. The summed E-state index contributed by atoms with van der Waals surface area (Å²) in [5, 5.41) is 4.97. The number of anilines is 1. The van der Waals surface area contributed by atoms with E-state index in [0.29, 0.717) is 17.4 Å². The highest BCUT2D eigenvalue weighted by molar-refractivity contribution is 5.90. The molecule has 4 aliphatic rings. The first-order valence-corrected chi connectivity index (χ1v) is 11.3. The van der Waals surface area contributed by atoms with Crippen LogP contribution in [0.5, 0.6) is 0 Å². The van der Waals surface area contributed by atoms with Gasteiger partial charge < -0.3 is 19.8 Å². The Balaban J connectivity index is 1.12. The van der Waals surface area contributed by atoms with E-state index in [4.69, 9.17) is 9.47 Å². The molecule has 0 aromatic carbocycles. The van der Waals surface area contributed by atoms with Crippen molar-refractivity contribution in [3.05, 3.63) is 18.1 Å². The fourth-order valence-corrected chi connectivity index (χ4v) is 5.85. The lowest BCUT2D eigenvalue weighted by atomic mass is 9.75. The summed E-state index contributed by atoms with van der Waals surface area (Å²) in [6.07, 6.45) is 11.0. The maximum atomic E-state index is 5.56. The number of rotatable bonds is 4. The van der Waals surface area contributed by atoms with Gasteiger partial charge >= 0.3 is 0 Å². The molecular formula is C22H31N5O2.